The molecule has 0 bridgehead atoms. The van der Waals surface area contributed by atoms with Gasteiger partial charge in [-0.2, -0.15) is 0 Å². The van der Waals surface area contributed by atoms with E-state index in [1.54, 1.807) is 4.90 Å². The monoisotopic (exact) mass is 363 g/mol. The number of hydrogen-bond donors (Lipinski definition) is 0. The molecule has 0 aromatic rings. The smallest absolute Gasteiger partial charge is 0.410 e. The summed E-state index contributed by atoms with van der Waals surface area (Å²) in [5.74, 6) is -0.00578. The molecule has 0 aromatic carbocycles. The van der Waals surface area contributed by atoms with Gasteiger partial charge in [-0.15, -0.1) is 0 Å². The summed E-state index contributed by atoms with van der Waals surface area (Å²) in [5, 5.41) is 0.202. The lowest BCUT2D eigenvalue weighted by Crippen LogP contribution is -2.47. The fraction of sp³-hybridized carbons (Fsp3) is 0.867. The number of esters is 1. The quantitative estimate of drug-likeness (QED) is 0.569. The molecule has 0 unspecified atom stereocenters. The zero-order valence-corrected chi connectivity index (χ0v) is 15.2. The van der Waals surface area contributed by atoms with Gasteiger partial charge in [0, 0.05) is 19.0 Å². The molecule has 122 valence electrons. The Bertz CT molecular complexity index is 382. The number of piperidine rings is 1. The van der Waals surface area contributed by atoms with Crippen LogP contribution in [-0.4, -0.2) is 46.6 Å². The number of rotatable bonds is 3. The van der Waals surface area contributed by atoms with E-state index in [1.807, 2.05) is 34.6 Å². The van der Waals surface area contributed by atoms with Crippen LogP contribution in [0.25, 0.3) is 0 Å². The first kappa shape index (κ1) is 18.3. The summed E-state index contributed by atoms with van der Waals surface area (Å²) in [6.45, 7) is 10.7. The molecule has 1 fully saturated rings. The van der Waals surface area contributed by atoms with Crippen LogP contribution in [0.4, 0.5) is 4.79 Å². The van der Waals surface area contributed by atoms with E-state index in [9.17, 15) is 9.59 Å². The van der Waals surface area contributed by atoms with Crippen molar-refractivity contribution in [3.05, 3.63) is 0 Å². The van der Waals surface area contributed by atoms with Crippen LogP contribution in [-0.2, 0) is 14.3 Å². The van der Waals surface area contributed by atoms with Crippen LogP contribution in [0.2, 0.25) is 0 Å². The van der Waals surface area contributed by atoms with E-state index in [-0.39, 0.29) is 23.3 Å². The lowest BCUT2D eigenvalue weighted by Gasteiger charge is -2.40. The van der Waals surface area contributed by atoms with Gasteiger partial charge < -0.3 is 14.4 Å². The van der Waals surface area contributed by atoms with E-state index in [4.69, 9.17) is 9.47 Å². The van der Waals surface area contributed by atoms with Crippen molar-refractivity contribution in [1.29, 1.82) is 0 Å². The molecular weight excluding hydrogens is 338 g/mol. The van der Waals surface area contributed by atoms with Crippen molar-refractivity contribution in [3.8, 4) is 0 Å². The molecule has 1 amide bonds. The summed E-state index contributed by atoms with van der Waals surface area (Å²) in [6.07, 6.45) is 1.35. The van der Waals surface area contributed by atoms with Gasteiger partial charge in [-0.05, 0) is 47.5 Å². The Morgan fingerprint density at radius 3 is 2.05 bits per heavy atom. The van der Waals surface area contributed by atoms with E-state index >= 15 is 0 Å². The van der Waals surface area contributed by atoms with Gasteiger partial charge in [-0.3, -0.25) is 4.79 Å². The second kappa shape index (κ2) is 6.99. The van der Waals surface area contributed by atoms with Gasteiger partial charge >= 0.3 is 12.1 Å². The number of halogens is 1. The molecule has 0 radical (unpaired) electrons. The molecule has 1 aliphatic rings. The number of nitrogens with zero attached hydrogens (tertiary/aromatic N) is 1. The molecule has 5 nitrogen and oxygen atoms in total. The maximum atomic E-state index is 12.0. The Hall–Kier alpha value is -0.780. The maximum Gasteiger partial charge on any atom is 0.410 e. The minimum absolute atomic E-state index is 0.202. The van der Waals surface area contributed by atoms with Gasteiger partial charge in [0.05, 0.1) is 0 Å². The van der Waals surface area contributed by atoms with Crippen molar-refractivity contribution in [2.75, 3.05) is 18.4 Å². The number of likely N-dealkylation sites (tertiary alicyclic amines) is 1. The minimum Gasteiger partial charge on any atom is -0.459 e. The van der Waals surface area contributed by atoms with Gasteiger partial charge in [0.25, 0.3) is 0 Å². The standard InChI is InChI=1S/C15H26BrNO4/c1-14(2,3)21-13(19)17-8-6-11(7-9-17)15(4,5)20-12(18)10-16/h11H,6-10H2,1-5H3. The topological polar surface area (TPSA) is 55.8 Å². The zero-order chi connectivity index (χ0) is 16.3. The highest BCUT2D eigenvalue weighted by Crippen LogP contribution is 2.31. The summed E-state index contributed by atoms with van der Waals surface area (Å²) in [6, 6.07) is 0. The highest BCUT2D eigenvalue weighted by atomic mass is 79.9. The third-order valence-corrected chi connectivity index (χ3v) is 4.07. The normalized spacial score (nSPS) is 17.5. The number of carbonyl (C=O) groups is 2. The number of hydrogen-bond acceptors (Lipinski definition) is 4. The largest absolute Gasteiger partial charge is 0.459 e. The van der Waals surface area contributed by atoms with Crippen LogP contribution in [0.1, 0.15) is 47.5 Å². The average molecular weight is 364 g/mol. The fourth-order valence-electron chi connectivity index (χ4n) is 2.49. The second-order valence-corrected chi connectivity index (χ2v) is 7.51. The van der Waals surface area contributed by atoms with Crippen LogP contribution in [0.15, 0.2) is 0 Å². The summed E-state index contributed by atoms with van der Waals surface area (Å²) >= 11 is 3.10. The fourth-order valence-corrected chi connectivity index (χ4v) is 2.60. The Balaban J connectivity index is 2.51. The van der Waals surface area contributed by atoms with Gasteiger partial charge in [-0.1, -0.05) is 15.9 Å². The molecule has 1 saturated heterocycles. The third kappa shape index (κ3) is 5.85. The van der Waals surface area contributed by atoms with Crippen molar-refractivity contribution in [2.24, 2.45) is 5.92 Å². The first-order chi connectivity index (χ1) is 9.55. The molecule has 21 heavy (non-hydrogen) atoms. The third-order valence-electron chi connectivity index (χ3n) is 3.62. The minimum atomic E-state index is -0.509. The number of carbonyl (C=O) groups excluding carboxylic acids is 2. The Morgan fingerprint density at radius 2 is 1.62 bits per heavy atom. The van der Waals surface area contributed by atoms with E-state index in [0.29, 0.717) is 13.1 Å². The molecule has 0 aliphatic carbocycles. The molecular formula is C15H26BrNO4. The summed E-state index contributed by atoms with van der Waals surface area (Å²) < 4.78 is 10.9. The second-order valence-electron chi connectivity index (χ2n) is 6.95. The molecule has 0 aromatic heterocycles. The summed E-state index contributed by atoms with van der Waals surface area (Å²) in [7, 11) is 0. The number of alkyl halides is 1. The predicted octanol–water partition coefficient (Wildman–Crippen LogP) is 3.35. The van der Waals surface area contributed by atoms with Crippen molar-refractivity contribution >= 4 is 28.0 Å². The van der Waals surface area contributed by atoms with E-state index < -0.39 is 11.2 Å². The average Bonchev–Trinajstić information content (AvgIpc) is 2.36. The van der Waals surface area contributed by atoms with Crippen LogP contribution in [0, 0.1) is 5.92 Å². The molecule has 1 heterocycles. The molecule has 1 rings (SSSR count). The van der Waals surface area contributed by atoms with Crippen LogP contribution in [0.5, 0.6) is 0 Å². The highest BCUT2D eigenvalue weighted by Gasteiger charge is 2.37. The summed E-state index contributed by atoms with van der Waals surface area (Å²) in [4.78, 5) is 25.2. The van der Waals surface area contributed by atoms with Crippen molar-refractivity contribution in [1.82, 2.24) is 4.90 Å². The van der Waals surface area contributed by atoms with Crippen molar-refractivity contribution in [3.63, 3.8) is 0 Å². The van der Waals surface area contributed by atoms with Gasteiger partial charge in [0.2, 0.25) is 0 Å². The molecule has 0 N–H and O–H groups in total. The van der Waals surface area contributed by atoms with Crippen LogP contribution >= 0.6 is 15.9 Å². The molecule has 0 atom stereocenters. The van der Waals surface area contributed by atoms with Gasteiger partial charge in [-0.25, -0.2) is 4.79 Å². The molecule has 6 heteroatoms. The number of ether oxygens (including phenoxy) is 2. The molecule has 0 spiro atoms. The lowest BCUT2D eigenvalue weighted by atomic mass is 9.83. The summed E-state index contributed by atoms with van der Waals surface area (Å²) in [5.41, 5.74) is -0.983. The Morgan fingerprint density at radius 1 is 1.10 bits per heavy atom. The zero-order valence-electron chi connectivity index (χ0n) is 13.6. The first-order valence-corrected chi connectivity index (χ1v) is 8.43. The highest BCUT2D eigenvalue weighted by molar-refractivity contribution is 9.09. The van der Waals surface area contributed by atoms with Crippen molar-refractivity contribution in [2.45, 2.75) is 58.7 Å². The Labute approximate surface area is 135 Å². The van der Waals surface area contributed by atoms with E-state index in [1.165, 1.54) is 0 Å². The maximum absolute atomic E-state index is 12.0. The first-order valence-electron chi connectivity index (χ1n) is 7.31. The lowest BCUT2D eigenvalue weighted by molar-refractivity contribution is -0.160. The van der Waals surface area contributed by atoms with E-state index in [2.05, 4.69) is 15.9 Å². The van der Waals surface area contributed by atoms with Gasteiger partial charge in [0.1, 0.15) is 16.5 Å². The molecule has 1 aliphatic heterocycles. The Kier molecular flexibility index (Phi) is 6.08. The van der Waals surface area contributed by atoms with Gasteiger partial charge in [0.15, 0.2) is 0 Å². The van der Waals surface area contributed by atoms with Crippen molar-refractivity contribution < 1.29 is 19.1 Å². The van der Waals surface area contributed by atoms with Crippen LogP contribution in [0.3, 0.4) is 0 Å². The molecule has 0 saturated carbocycles. The SMILES string of the molecule is CC(C)(C)OC(=O)N1CCC(C(C)(C)OC(=O)CBr)CC1. The number of amides is 1. The predicted molar refractivity (Wildman–Crippen MR) is 84.5 cm³/mol. The van der Waals surface area contributed by atoms with Crippen LogP contribution < -0.4 is 0 Å². The van der Waals surface area contributed by atoms with E-state index in [0.717, 1.165) is 12.8 Å².